The van der Waals surface area contributed by atoms with E-state index < -0.39 is 10.0 Å². The predicted molar refractivity (Wildman–Crippen MR) is 123 cm³/mol. The summed E-state index contributed by atoms with van der Waals surface area (Å²) in [6.45, 7) is 6.67. The van der Waals surface area contributed by atoms with Crippen LogP contribution in [-0.2, 0) is 10.0 Å². The zero-order valence-corrected chi connectivity index (χ0v) is 19.7. The smallest absolute Gasteiger partial charge is 0.251 e. The van der Waals surface area contributed by atoms with Crippen LogP contribution in [-0.4, -0.2) is 55.8 Å². The first-order valence-corrected chi connectivity index (χ1v) is 13.0. The van der Waals surface area contributed by atoms with Gasteiger partial charge in [0.25, 0.3) is 5.91 Å². The van der Waals surface area contributed by atoms with Gasteiger partial charge in [0.2, 0.25) is 10.0 Å². The molecule has 0 spiro atoms. The van der Waals surface area contributed by atoms with Gasteiger partial charge >= 0.3 is 0 Å². The third-order valence-corrected chi connectivity index (χ3v) is 8.72. The van der Waals surface area contributed by atoms with Gasteiger partial charge in [-0.3, -0.25) is 9.69 Å². The quantitative estimate of drug-likeness (QED) is 0.682. The molecule has 174 valence electrons. The number of likely N-dealkylation sites (tertiary alicyclic amines) is 1. The molecule has 4 rings (SSSR count). The summed E-state index contributed by atoms with van der Waals surface area (Å²) in [5.41, 5.74) is 1.15. The Balaban J connectivity index is 1.52. The maximum absolute atomic E-state index is 13.3. The number of nitrogens with one attached hydrogen (secondary N) is 1. The second-order valence-electron chi connectivity index (χ2n) is 8.92. The Morgan fingerprint density at radius 1 is 1.16 bits per heavy atom. The number of sulfonamides is 1. The summed E-state index contributed by atoms with van der Waals surface area (Å²) in [4.78, 5) is 15.6. The Morgan fingerprint density at radius 3 is 2.59 bits per heavy atom. The second-order valence-corrected chi connectivity index (χ2v) is 10.8. The highest BCUT2D eigenvalue weighted by Gasteiger charge is 2.32. The number of carbonyl (C=O) groups excluding carboxylic acids is 1. The fourth-order valence-corrected chi connectivity index (χ4v) is 6.53. The van der Waals surface area contributed by atoms with Crippen molar-refractivity contribution in [3.05, 3.63) is 53.5 Å². The van der Waals surface area contributed by atoms with Gasteiger partial charge in [0.05, 0.1) is 17.2 Å². The van der Waals surface area contributed by atoms with Crippen molar-refractivity contribution in [2.75, 3.05) is 26.2 Å². The summed E-state index contributed by atoms with van der Waals surface area (Å²) < 4.78 is 33.7. The van der Waals surface area contributed by atoms with Gasteiger partial charge in [-0.2, -0.15) is 4.31 Å². The summed E-state index contributed by atoms with van der Waals surface area (Å²) in [6.07, 6.45) is 6.71. The van der Waals surface area contributed by atoms with E-state index in [0.29, 0.717) is 18.7 Å². The topological polar surface area (TPSA) is 82.9 Å². The molecule has 2 aliphatic heterocycles. The number of carbonyl (C=O) groups is 1. The molecule has 1 aromatic carbocycles. The van der Waals surface area contributed by atoms with Crippen LogP contribution in [0.5, 0.6) is 0 Å². The summed E-state index contributed by atoms with van der Waals surface area (Å²) in [7, 11) is -3.63. The second kappa shape index (κ2) is 9.77. The molecule has 2 saturated heterocycles. The Labute approximate surface area is 190 Å². The van der Waals surface area contributed by atoms with Crippen molar-refractivity contribution in [2.45, 2.75) is 62.9 Å². The minimum absolute atomic E-state index is 0.0261. The molecule has 8 heteroatoms. The fraction of sp³-hybridized carbons (Fsp3) is 0.542. The van der Waals surface area contributed by atoms with Crippen molar-refractivity contribution in [1.82, 2.24) is 14.5 Å². The van der Waals surface area contributed by atoms with Gasteiger partial charge in [-0.15, -0.1) is 0 Å². The molecule has 3 heterocycles. The van der Waals surface area contributed by atoms with E-state index in [1.54, 1.807) is 22.7 Å². The standard InChI is InChI=1S/C24H33N3O4S/c1-18-10-11-20(32(29,30)27-14-4-3-8-19(27)2)16-21(18)24(28)25-17-22(23-9-7-15-31-23)26-12-5-6-13-26/h7,9-11,15-16,19,22H,3-6,8,12-14,17H2,1-2H3,(H,25,28). The normalized spacial score (nSPS) is 21.5. The molecule has 1 aromatic heterocycles. The largest absolute Gasteiger partial charge is 0.468 e. The Hall–Kier alpha value is -2.16. The molecule has 2 aromatic rings. The first-order valence-electron chi connectivity index (χ1n) is 11.6. The lowest BCUT2D eigenvalue weighted by atomic mass is 10.1. The molecule has 2 unspecified atom stereocenters. The lowest BCUT2D eigenvalue weighted by Gasteiger charge is -2.32. The van der Waals surface area contributed by atoms with E-state index in [4.69, 9.17) is 4.42 Å². The molecular formula is C24H33N3O4S. The van der Waals surface area contributed by atoms with Crippen molar-refractivity contribution in [3.8, 4) is 0 Å². The molecule has 0 radical (unpaired) electrons. The number of hydrogen-bond donors (Lipinski definition) is 1. The van der Waals surface area contributed by atoms with Gasteiger partial charge in [0.15, 0.2) is 0 Å². The van der Waals surface area contributed by atoms with Crippen LogP contribution in [0.15, 0.2) is 45.9 Å². The van der Waals surface area contributed by atoms with Gasteiger partial charge in [0, 0.05) is 24.7 Å². The monoisotopic (exact) mass is 459 g/mol. The minimum atomic E-state index is -3.63. The van der Waals surface area contributed by atoms with Crippen molar-refractivity contribution < 1.29 is 17.6 Å². The van der Waals surface area contributed by atoms with E-state index >= 15 is 0 Å². The van der Waals surface area contributed by atoms with E-state index in [1.807, 2.05) is 26.0 Å². The molecule has 0 bridgehead atoms. The molecule has 0 aliphatic carbocycles. The van der Waals surface area contributed by atoms with Crippen LogP contribution < -0.4 is 5.32 Å². The van der Waals surface area contributed by atoms with E-state index in [2.05, 4.69) is 10.2 Å². The third-order valence-electron chi connectivity index (χ3n) is 6.71. The molecule has 2 aliphatic rings. The van der Waals surface area contributed by atoms with E-state index in [0.717, 1.165) is 56.5 Å². The van der Waals surface area contributed by atoms with Gasteiger partial charge in [-0.05, 0) is 82.4 Å². The van der Waals surface area contributed by atoms with Gasteiger partial charge in [-0.1, -0.05) is 12.5 Å². The summed E-state index contributed by atoms with van der Waals surface area (Å²) in [5, 5.41) is 3.02. The molecular weight excluding hydrogens is 426 g/mol. The van der Waals surface area contributed by atoms with Crippen LogP contribution in [0.4, 0.5) is 0 Å². The number of furan rings is 1. The first kappa shape index (κ1) is 23.0. The van der Waals surface area contributed by atoms with E-state index in [9.17, 15) is 13.2 Å². The summed E-state index contributed by atoms with van der Waals surface area (Å²) >= 11 is 0. The average molecular weight is 460 g/mol. The zero-order chi connectivity index (χ0) is 22.7. The van der Waals surface area contributed by atoms with Gasteiger partial charge in [0.1, 0.15) is 5.76 Å². The number of rotatable bonds is 7. The highest BCUT2D eigenvalue weighted by Crippen LogP contribution is 2.27. The van der Waals surface area contributed by atoms with Gasteiger partial charge < -0.3 is 9.73 Å². The summed E-state index contributed by atoms with van der Waals surface area (Å²) in [6, 6.07) is 8.60. The number of amides is 1. The average Bonchev–Trinajstić information content (AvgIpc) is 3.49. The van der Waals surface area contributed by atoms with Crippen molar-refractivity contribution in [1.29, 1.82) is 0 Å². The zero-order valence-electron chi connectivity index (χ0n) is 18.9. The molecule has 0 saturated carbocycles. The van der Waals surface area contributed by atoms with Crippen LogP contribution in [0.1, 0.15) is 66.8 Å². The number of nitrogens with zero attached hydrogens (tertiary/aromatic N) is 2. The first-order chi connectivity index (χ1) is 15.4. The van der Waals surface area contributed by atoms with E-state index in [-0.39, 0.29) is 22.9 Å². The number of hydrogen-bond acceptors (Lipinski definition) is 5. The van der Waals surface area contributed by atoms with Crippen molar-refractivity contribution >= 4 is 15.9 Å². The Morgan fingerprint density at radius 2 is 1.91 bits per heavy atom. The van der Waals surface area contributed by atoms with Gasteiger partial charge in [-0.25, -0.2) is 8.42 Å². The van der Waals surface area contributed by atoms with Crippen LogP contribution in [0.3, 0.4) is 0 Å². The molecule has 7 nitrogen and oxygen atoms in total. The highest BCUT2D eigenvalue weighted by molar-refractivity contribution is 7.89. The summed E-state index contributed by atoms with van der Waals surface area (Å²) in [5.74, 6) is 0.571. The Kier molecular flexibility index (Phi) is 7.02. The number of benzene rings is 1. The molecule has 32 heavy (non-hydrogen) atoms. The molecule has 2 atom stereocenters. The molecule has 1 amide bonds. The van der Waals surface area contributed by atoms with Crippen LogP contribution >= 0.6 is 0 Å². The van der Waals surface area contributed by atoms with Crippen LogP contribution in [0, 0.1) is 6.92 Å². The van der Waals surface area contributed by atoms with E-state index in [1.165, 1.54) is 6.07 Å². The predicted octanol–water partition coefficient (Wildman–Crippen LogP) is 3.72. The van der Waals surface area contributed by atoms with Crippen LogP contribution in [0.2, 0.25) is 0 Å². The lowest BCUT2D eigenvalue weighted by Crippen LogP contribution is -2.42. The Bertz CT molecular complexity index is 1030. The number of piperidine rings is 1. The van der Waals surface area contributed by atoms with Crippen molar-refractivity contribution in [3.63, 3.8) is 0 Å². The third kappa shape index (κ3) is 4.77. The minimum Gasteiger partial charge on any atom is -0.468 e. The lowest BCUT2D eigenvalue weighted by molar-refractivity contribution is 0.0933. The SMILES string of the molecule is Cc1ccc(S(=O)(=O)N2CCCCC2C)cc1C(=O)NCC(c1ccco1)N1CCCC1. The highest BCUT2D eigenvalue weighted by atomic mass is 32.2. The van der Waals surface area contributed by atoms with Crippen LogP contribution in [0.25, 0.3) is 0 Å². The molecule has 1 N–H and O–H groups in total. The fourth-order valence-electron chi connectivity index (χ4n) is 4.80. The van der Waals surface area contributed by atoms with Crippen molar-refractivity contribution in [2.24, 2.45) is 0 Å². The number of aryl methyl sites for hydroxylation is 1. The maximum Gasteiger partial charge on any atom is 0.251 e. The maximum atomic E-state index is 13.3. The molecule has 2 fully saturated rings.